The van der Waals surface area contributed by atoms with Gasteiger partial charge in [-0.05, 0) is 6.42 Å². The highest BCUT2D eigenvalue weighted by Crippen LogP contribution is 2.34. The van der Waals surface area contributed by atoms with Gasteiger partial charge in [-0.25, -0.2) is 4.98 Å². The van der Waals surface area contributed by atoms with E-state index in [4.69, 9.17) is 4.42 Å². The molecule has 4 nitrogen and oxygen atoms in total. The van der Waals surface area contributed by atoms with Crippen LogP contribution in [-0.2, 0) is 6.42 Å². The maximum atomic E-state index is 5.34. The van der Waals surface area contributed by atoms with Crippen LogP contribution in [0.1, 0.15) is 23.9 Å². The molecule has 2 aliphatic rings. The molecule has 1 saturated heterocycles. The highest BCUT2D eigenvalue weighted by atomic mass is 16.3. The molecule has 1 aliphatic carbocycles. The van der Waals surface area contributed by atoms with Crippen molar-refractivity contribution in [3.05, 3.63) is 17.8 Å². The molecule has 0 aromatic carbocycles. The number of oxazole rings is 1. The summed E-state index contributed by atoms with van der Waals surface area (Å²) in [5.74, 6) is 1.11. The first-order chi connectivity index (χ1) is 6.95. The van der Waals surface area contributed by atoms with E-state index in [9.17, 15) is 0 Å². The quantitative estimate of drug-likeness (QED) is 0.708. The summed E-state index contributed by atoms with van der Waals surface area (Å²) in [6.45, 7) is 4.47. The Balaban J connectivity index is 1.80. The Labute approximate surface area is 83.3 Å². The fraction of sp³-hybridized carbons (Fsp3) is 0.700. The molecule has 1 aromatic rings. The molecule has 1 aliphatic heterocycles. The van der Waals surface area contributed by atoms with E-state index in [1.807, 2.05) is 0 Å². The number of aryl methyl sites for hydroxylation is 1. The number of hydrogen-bond acceptors (Lipinski definition) is 4. The van der Waals surface area contributed by atoms with Crippen molar-refractivity contribution >= 4 is 0 Å². The van der Waals surface area contributed by atoms with Gasteiger partial charge in [-0.1, -0.05) is 0 Å². The van der Waals surface area contributed by atoms with Crippen LogP contribution in [0.25, 0.3) is 0 Å². The zero-order chi connectivity index (χ0) is 9.38. The van der Waals surface area contributed by atoms with E-state index in [-0.39, 0.29) is 0 Å². The van der Waals surface area contributed by atoms with E-state index in [2.05, 4.69) is 15.2 Å². The van der Waals surface area contributed by atoms with Crippen molar-refractivity contribution in [2.24, 2.45) is 0 Å². The molecular formula is C10H15N3O. The van der Waals surface area contributed by atoms with Crippen molar-refractivity contribution in [3.8, 4) is 0 Å². The molecule has 14 heavy (non-hydrogen) atoms. The summed E-state index contributed by atoms with van der Waals surface area (Å²) < 4.78 is 5.34. The predicted octanol–water partition coefficient (Wildman–Crippen LogP) is 0.567. The third-order valence-electron chi connectivity index (χ3n) is 3.23. The Morgan fingerprint density at radius 3 is 3.14 bits per heavy atom. The molecule has 2 heterocycles. The van der Waals surface area contributed by atoms with E-state index in [0.29, 0.717) is 6.04 Å². The van der Waals surface area contributed by atoms with Gasteiger partial charge in [-0.3, -0.25) is 4.90 Å². The van der Waals surface area contributed by atoms with Gasteiger partial charge in [0, 0.05) is 32.6 Å². The van der Waals surface area contributed by atoms with Gasteiger partial charge in [0.1, 0.15) is 5.76 Å². The molecule has 1 unspecified atom stereocenters. The Morgan fingerprint density at radius 2 is 2.29 bits per heavy atom. The minimum absolute atomic E-state index is 0.519. The van der Waals surface area contributed by atoms with Crippen LogP contribution in [0.3, 0.4) is 0 Å². The molecule has 1 N–H and O–H groups in total. The second-order valence-corrected chi connectivity index (χ2v) is 4.00. The van der Waals surface area contributed by atoms with E-state index >= 15 is 0 Å². The Kier molecular flexibility index (Phi) is 2.03. The van der Waals surface area contributed by atoms with Crippen molar-refractivity contribution in [1.29, 1.82) is 0 Å². The Morgan fingerprint density at radius 1 is 1.43 bits per heavy atom. The van der Waals surface area contributed by atoms with Gasteiger partial charge in [0.2, 0.25) is 0 Å². The lowest BCUT2D eigenvalue weighted by atomic mass is 10.2. The number of hydrogen-bond donors (Lipinski definition) is 1. The lowest BCUT2D eigenvalue weighted by Gasteiger charge is -2.31. The van der Waals surface area contributed by atoms with Gasteiger partial charge in [-0.2, -0.15) is 0 Å². The molecule has 0 radical (unpaired) electrons. The normalized spacial score (nSPS) is 27.9. The molecule has 0 amide bonds. The Hall–Kier alpha value is -0.870. The highest BCUT2D eigenvalue weighted by molar-refractivity contribution is 5.19. The number of nitrogens with zero attached hydrogens (tertiary/aromatic N) is 2. The number of nitrogens with one attached hydrogen (secondary N) is 1. The summed E-state index contributed by atoms with van der Waals surface area (Å²) in [6, 6.07) is 0.519. The van der Waals surface area contributed by atoms with Crippen LogP contribution < -0.4 is 5.32 Å². The molecular weight excluding hydrogens is 178 g/mol. The summed E-state index contributed by atoms with van der Waals surface area (Å²) in [6.07, 6.45) is 3.82. The van der Waals surface area contributed by atoms with Crippen LogP contribution in [0.4, 0.5) is 0 Å². The SMILES string of the molecule is c1nc2c(o1)CCC2N1CCNCC1. The maximum Gasteiger partial charge on any atom is 0.181 e. The number of rotatable bonds is 1. The van der Waals surface area contributed by atoms with E-state index in [1.165, 1.54) is 12.1 Å². The number of fused-ring (bicyclic) bond motifs is 1. The number of aromatic nitrogens is 1. The minimum Gasteiger partial charge on any atom is -0.448 e. The van der Waals surface area contributed by atoms with Crippen LogP contribution in [0.5, 0.6) is 0 Å². The average molecular weight is 193 g/mol. The van der Waals surface area contributed by atoms with E-state index in [0.717, 1.165) is 38.4 Å². The fourth-order valence-electron chi connectivity index (χ4n) is 2.49. The third kappa shape index (κ3) is 1.26. The van der Waals surface area contributed by atoms with Gasteiger partial charge < -0.3 is 9.73 Å². The topological polar surface area (TPSA) is 41.3 Å². The summed E-state index contributed by atoms with van der Waals surface area (Å²) in [5, 5.41) is 3.37. The lowest BCUT2D eigenvalue weighted by molar-refractivity contribution is 0.171. The molecule has 1 atom stereocenters. The molecule has 4 heteroatoms. The zero-order valence-corrected chi connectivity index (χ0v) is 8.20. The molecule has 0 saturated carbocycles. The van der Waals surface area contributed by atoms with Crippen LogP contribution in [-0.4, -0.2) is 36.1 Å². The molecule has 0 bridgehead atoms. The zero-order valence-electron chi connectivity index (χ0n) is 8.20. The van der Waals surface area contributed by atoms with Crippen LogP contribution in [0, 0.1) is 0 Å². The van der Waals surface area contributed by atoms with Crippen molar-refractivity contribution in [2.75, 3.05) is 26.2 Å². The standard InChI is InChI=1S/C10H15N3O/c1-2-9-10(12-7-14-9)8(1)13-5-3-11-4-6-13/h7-8,11H,1-6H2. The summed E-state index contributed by atoms with van der Waals surface area (Å²) >= 11 is 0. The smallest absolute Gasteiger partial charge is 0.181 e. The lowest BCUT2D eigenvalue weighted by Crippen LogP contribution is -2.44. The summed E-state index contributed by atoms with van der Waals surface area (Å²) in [4.78, 5) is 6.84. The van der Waals surface area contributed by atoms with Gasteiger partial charge >= 0.3 is 0 Å². The van der Waals surface area contributed by atoms with Gasteiger partial charge in [-0.15, -0.1) is 0 Å². The first kappa shape index (κ1) is 8.44. The predicted molar refractivity (Wildman–Crippen MR) is 52.0 cm³/mol. The molecule has 1 fully saturated rings. The summed E-state index contributed by atoms with van der Waals surface area (Å²) in [5.41, 5.74) is 1.19. The summed E-state index contributed by atoms with van der Waals surface area (Å²) in [7, 11) is 0. The van der Waals surface area contributed by atoms with Crippen molar-refractivity contribution in [2.45, 2.75) is 18.9 Å². The van der Waals surface area contributed by atoms with Gasteiger partial charge in [0.15, 0.2) is 6.39 Å². The molecule has 76 valence electrons. The van der Waals surface area contributed by atoms with Gasteiger partial charge in [0.25, 0.3) is 0 Å². The van der Waals surface area contributed by atoms with Crippen LogP contribution in [0.15, 0.2) is 10.8 Å². The second kappa shape index (κ2) is 3.37. The van der Waals surface area contributed by atoms with E-state index in [1.54, 1.807) is 6.39 Å². The van der Waals surface area contributed by atoms with Crippen molar-refractivity contribution < 1.29 is 4.42 Å². The van der Waals surface area contributed by atoms with Crippen LogP contribution in [0.2, 0.25) is 0 Å². The monoisotopic (exact) mass is 193 g/mol. The second-order valence-electron chi connectivity index (χ2n) is 4.00. The maximum absolute atomic E-state index is 5.34. The first-order valence-corrected chi connectivity index (χ1v) is 5.32. The number of piperazine rings is 1. The van der Waals surface area contributed by atoms with Crippen molar-refractivity contribution in [1.82, 2.24) is 15.2 Å². The molecule has 0 spiro atoms. The largest absolute Gasteiger partial charge is 0.448 e. The van der Waals surface area contributed by atoms with Crippen LogP contribution >= 0.6 is 0 Å². The Bertz CT molecular complexity index is 317. The molecule has 3 rings (SSSR count). The van der Waals surface area contributed by atoms with Gasteiger partial charge in [0.05, 0.1) is 11.7 Å². The highest BCUT2D eigenvalue weighted by Gasteiger charge is 2.31. The fourth-order valence-corrected chi connectivity index (χ4v) is 2.49. The minimum atomic E-state index is 0.519. The first-order valence-electron chi connectivity index (χ1n) is 5.32. The van der Waals surface area contributed by atoms with Crippen molar-refractivity contribution in [3.63, 3.8) is 0 Å². The average Bonchev–Trinajstić information content (AvgIpc) is 2.79. The molecule has 1 aromatic heterocycles. The van der Waals surface area contributed by atoms with E-state index < -0.39 is 0 Å². The third-order valence-corrected chi connectivity index (χ3v) is 3.23.